The molecule has 106 valence electrons. The van der Waals surface area contributed by atoms with Crippen LogP contribution in [0.4, 0.5) is 13.2 Å². The van der Waals surface area contributed by atoms with Gasteiger partial charge in [0.05, 0.1) is 0 Å². The molecule has 19 heavy (non-hydrogen) atoms. The molecule has 1 aromatic carbocycles. The molecule has 0 radical (unpaired) electrons. The summed E-state index contributed by atoms with van der Waals surface area (Å²) in [6, 6.07) is 1.86. The van der Waals surface area contributed by atoms with Crippen molar-refractivity contribution >= 4 is 0 Å². The van der Waals surface area contributed by atoms with Crippen molar-refractivity contribution < 1.29 is 13.2 Å². The van der Waals surface area contributed by atoms with Gasteiger partial charge in [0, 0.05) is 6.04 Å². The maximum absolute atomic E-state index is 13.3. The predicted octanol–water partition coefficient (Wildman–Crippen LogP) is 4.50. The van der Waals surface area contributed by atoms with Crippen LogP contribution in [0, 0.1) is 17.5 Å². The molecular formula is C15H20F3N. The van der Waals surface area contributed by atoms with E-state index in [9.17, 15) is 13.2 Å². The molecule has 0 aliphatic carbocycles. The molecule has 1 unspecified atom stereocenters. The van der Waals surface area contributed by atoms with Gasteiger partial charge >= 0.3 is 0 Å². The first-order valence-electron chi connectivity index (χ1n) is 6.54. The lowest BCUT2D eigenvalue weighted by Gasteiger charge is -2.20. The molecule has 4 heteroatoms. The van der Waals surface area contributed by atoms with Crippen LogP contribution in [0.25, 0.3) is 0 Å². The molecule has 0 spiro atoms. The Balaban J connectivity index is 2.99. The van der Waals surface area contributed by atoms with E-state index in [1.807, 2.05) is 13.8 Å². The lowest BCUT2D eigenvalue weighted by atomic mass is 9.98. The normalized spacial score (nSPS) is 12.5. The first-order valence-corrected chi connectivity index (χ1v) is 6.54. The molecule has 1 rings (SSSR count). The summed E-state index contributed by atoms with van der Waals surface area (Å²) in [7, 11) is 0. The summed E-state index contributed by atoms with van der Waals surface area (Å²) in [5, 5.41) is 3.21. The summed E-state index contributed by atoms with van der Waals surface area (Å²) >= 11 is 0. The van der Waals surface area contributed by atoms with Crippen molar-refractivity contribution in [3.8, 4) is 0 Å². The van der Waals surface area contributed by atoms with E-state index in [0.717, 1.165) is 37.1 Å². The van der Waals surface area contributed by atoms with Gasteiger partial charge in [0.15, 0.2) is 17.5 Å². The number of halogens is 3. The monoisotopic (exact) mass is 271 g/mol. The lowest BCUT2D eigenvalue weighted by molar-refractivity contribution is 0.438. The summed E-state index contributed by atoms with van der Waals surface area (Å²) in [6.45, 7) is 8.61. The molecular weight excluding hydrogens is 251 g/mol. The molecule has 1 N–H and O–H groups in total. The van der Waals surface area contributed by atoms with Crippen LogP contribution in [0.15, 0.2) is 24.3 Å². The van der Waals surface area contributed by atoms with E-state index in [-0.39, 0.29) is 6.04 Å². The zero-order valence-electron chi connectivity index (χ0n) is 11.4. The van der Waals surface area contributed by atoms with Crippen LogP contribution in [0.3, 0.4) is 0 Å². The topological polar surface area (TPSA) is 12.0 Å². The van der Waals surface area contributed by atoms with E-state index in [1.165, 1.54) is 0 Å². The van der Waals surface area contributed by atoms with Crippen LogP contribution >= 0.6 is 0 Å². The van der Waals surface area contributed by atoms with Crippen molar-refractivity contribution in [3.63, 3.8) is 0 Å². The Morgan fingerprint density at radius 3 is 2.26 bits per heavy atom. The molecule has 0 saturated carbocycles. The average Bonchev–Trinajstić information content (AvgIpc) is 2.39. The number of hydrogen-bond acceptors (Lipinski definition) is 1. The van der Waals surface area contributed by atoms with E-state index < -0.39 is 17.5 Å². The quantitative estimate of drug-likeness (QED) is 0.568. The van der Waals surface area contributed by atoms with Gasteiger partial charge in [0.2, 0.25) is 0 Å². The van der Waals surface area contributed by atoms with Crippen LogP contribution in [0.5, 0.6) is 0 Å². The van der Waals surface area contributed by atoms with E-state index >= 15 is 0 Å². The lowest BCUT2D eigenvalue weighted by Crippen LogP contribution is -2.23. The highest BCUT2D eigenvalue weighted by Crippen LogP contribution is 2.25. The minimum atomic E-state index is -1.42. The van der Waals surface area contributed by atoms with Crippen molar-refractivity contribution in [1.82, 2.24) is 5.32 Å². The third kappa shape index (κ3) is 4.39. The van der Waals surface area contributed by atoms with Crippen molar-refractivity contribution in [3.05, 3.63) is 47.3 Å². The van der Waals surface area contributed by atoms with Crippen molar-refractivity contribution in [1.29, 1.82) is 0 Å². The van der Waals surface area contributed by atoms with Crippen LogP contribution < -0.4 is 5.32 Å². The molecule has 1 nitrogen and oxygen atoms in total. The number of rotatable bonds is 7. The first-order chi connectivity index (χ1) is 8.99. The van der Waals surface area contributed by atoms with Gasteiger partial charge in [-0.3, -0.25) is 0 Å². The van der Waals surface area contributed by atoms with Gasteiger partial charge in [-0.1, -0.05) is 26.0 Å². The summed E-state index contributed by atoms with van der Waals surface area (Å²) < 4.78 is 39.5. The van der Waals surface area contributed by atoms with E-state index in [4.69, 9.17) is 0 Å². The van der Waals surface area contributed by atoms with E-state index in [0.29, 0.717) is 12.0 Å². The standard InChI is InChI=1S/C15H20F3N/c1-4-6-19-14(7-10(3)5-2)11-8-12(16)15(18)13(17)9-11/h8-9,14,19H,3-7H2,1-2H3. The Labute approximate surface area is 112 Å². The molecule has 0 bridgehead atoms. The summed E-state index contributed by atoms with van der Waals surface area (Å²) in [5.41, 5.74) is 1.40. The van der Waals surface area contributed by atoms with E-state index in [1.54, 1.807) is 0 Å². The second kappa shape index (κ2) is 7.34. The van der Waals surface area contributed by atoms with Crippen molar-refractivity contribution in [2.75, 3.05) is 6.54 Å². The highest BCUT2D eigenvalue weighted by Gasteiger charge is 2.17. The Morgan fingerprint density at radius 1 is 1.21 bits per heavy atom. The van der Waals surface area contributed by atoms with Crippen molar-refractivity contribution in [2.45, 2.75) is 39.2 Å². The molecule has 1 atom stereocenters. The SMILES string of the molecule is C=C(CC)CC(NCCC)c1cc(F)c(F)c(F)c1. The number of hydrogen-bond donors (Lipinski definition) is 1. The summed E-state index contributed by atoms with van der Waals surface area (Å²) in [5.74, 6) is -3.73. The predicted molar refractivity (Wildman–Crippen MR) is 71.4 cm³/mol. The summed E-state index contributed by atoms with van der Waals surface area (Å²) in [4.78, 5) is 0. The third-order valence-corrected chi connectivity index (χ3v) is 3.04. The summed E-state index contributed by atoms with van der Waals surface area (Å²) in [6.07, 6.45) is 2.29. The Morgan fingerprint density at radius 2 is 1.79 bits per heavy atom. The van der Waals surface area contributed by atoms with Crippen LogP contribution in [0.1, 0.15) is 44.7 Å². The Kier molecular flexibility index (Phi) is 6.09. The molecule has 0 saturated heterocycles. The molecule has 0 aromatic heterocycles. The second-order valence-electron chi connectivity index (χ2n) is 4.61. The minimum Gasteiger partial charge on any atom is -0.310 e. The van der Waals surface area contributed by atoms with Crippen LogP contribution in [-0.4, -0.2) is 6.54 Å². The van der Waals surface area contributed by atoms with Gasteiger partial charge in [-0.05, 0) is 43.5 Å². The highest BCUT2D eigenvalue weighted by molar-refractivity contribution is 5.24. The zero-order chi connectivity index (χ0) is 14.4. The third-order valence-electron chi connectivity index (χ3n) is 3.04. The Hall–Kier alpha value is -1.29. The highest BCUT2D eigenvalue weighted by atomic mass is 19.2. The van der Waals surface area contributed by atoms with Gasteiger partial charge in [0.1, 0.15) is 0 Å². The number of nitrogens with one attached hydrogen (secondary N) is 1. The maximum atomic E-state index is 13.3. The fourth-order valence-corrected chi connectivity index (χ4v) is 1.84. The smallest absolute Gasteiger partial charge is 0.194 e. The molecule has 0 aliphatic rings. The Bertz CT molecular complexity index is 420. The van der Waals surface area contributed by atoms with Crippen LogP contribution in [-0.2, 0) is 0 Å². The number of benzene rings is 1. The molecule has 0 heterocycles. The van der Waals surface area contributed by atoms with Crippen LogP contribution in [0.2, 0.25) is 0 Å². The van der Waals surface area contributed by atoms with Gasteiger partial charge in [-0.2, -0.15) is 0 Å². The average molecular weight is 271 g/mol. The molecule has 0 aliphatic heterocycles. The zero-order valence-corrected chi connectivity index (χ0v) is 11.4. The van der Waals surface area contributed by atoms with Gasteiger partial charge < -0.3 is 5.32 Å². The minimum absolute atomic E-state index is 0.239. The fraction of sp³-hybridized carbons (Fsp3) is 0.467. The van der Waals surface area contributed by atoms with Gasteiger partial charge in [-0.25, -0.2) is 13.2 Å². The first kappa shape index (κ1) is 15.8. The van der Waals surface area contributed by atoms with Gasteiger partial charge in [0.25, 0.3) is 0 Å². The van der Waals surface area contributed by atoms with Crippen molar-refractivity contribution in [2.24, 2.45) is 0 Å². The molecule has 0 fully saturated rings. The fourth-order valence-electron chi connectivity index (χ4n) is 1.84. The van der Waals surface area contributed by atoms with Gasteiger partial charge in [-0.15, -0.1) is 0 Å². The molecule has 1 aromatic rings. The molecule has 0 amide bonds. The second-order valence-corrected chi connectivity index (χ2v) is 4.61. The largest absolute Gasteiger partial charge is 0.310 e. The van der Waals surface area contributed by atoms with E-state index in [2.05, 4.69) is 11.9 Å². The maximum Gasteiger partial charge on any atom is 0.194 e.